The monoisotopic (exact) mass is 306 g/mol. The molecule has 0 fully saturated rings. The average Bonchev–Trinajstić information content (AvgIpc) is 2.51. The van der Waals surface area contributed by atoms with E-state index in [0.29, 0.717) is 0 Å². The van der Waals surface area contributed by atoms with Crippen LogP contribution in [-0.2, 0) is 0 Å². The summed E-state index contributed by atoms with van der Waals surface area (Å²) in [7, 11) is 0. The summed E-state index contributed by atoms with van der Waals surface area (Å²) in [6.07, 6.45) is 18.9. The van der Waals surface area contributed by atoms with Gasteiger partial charge in [0.2, 0.25) is 0 Å². The first-order valence-corrected chi connectivity index (χ1v) is 10.2. The summed E-state index contributed by atoms with van der Waals surface area (Å²) in [5, 5.41) is 0. The molecule has 0 aromatic heterocycles. The maximum absolute atomic E-state index is 2.54. The van der Waals surface area contributed by atoms with Crippen molar-refractivity contribution < 1.29 is 0 Å². The van der Waals surface area contributed by atoms with Crippen LogP contribution in [0.1, 0.15) is 98.8 Å². The fourth-order valence-electron chi connectivity index (χ4n) is 4.45. The summed E-state index contributed by atoms with van der Waals surface area (Å²) < 4.78 is 0. The Hall–Kier alpha value is -0.260. The fraction of sp³-hybridized carbons (Fsp3) is 0.909. The van der Waals surface area contributed by atoms with Crippen molar-refractivity contribution >= 4 is 0 Å². The maximum Gasteiger partial charge on any atom is -0.0320 e. The minimum atomic E-state index is 0.860. The van der Waals surface area contributed by atoms with Gasteiger partial charge >= 0.3 is 0 Å². The van der Waals surface area contributed by atoms with Gasteiger partial charge in [0.25, 0.3) is 0 Å². The van der Waals surface area contributed by atoms with Crippen molar-refractivity contribution in [3.8, 4) is 0 Å². The molecule has 1 rings (SSSR count). The average molecular weight is 307 g/mol. The molecule has 0 aromatic carbocycles. The van der Waals surface area contributed by atoms with Crippen LogP contribution in [0.15, 0.2) is 12.2 Å². The highest BCUT2D eigenvalue weighted by molar-refractivity contribution is 4.92. The molecule has 0 N–H and O–H groups in total. The number of allylic oxidation sites excluding steroid dienone is 2. The largest absolute Gasteiger partial charge is 0.0885 e. The van der Waals surface area contributed by atoms with Gasteiger partial charge in [-0.1, -0.05) is 78.9 Å². The van der Waals surface area contributed by atoms with Crippen LogP contribution in [0.3, 0.4) is 0 Å². The molecule has 0 bridgehead atoms. The Morgan fingerprint density at radius 3 is 2.05 bits per heavy atom. The Labute approximate surface area is 141 Å². The van der Waals surface area contributed by atoms with Gasteiger partial charge in [-0.3, -0.25) is 0 Å². The Bertz CT molecular complexity index is 282. The molecule has 0 amide bonds. The van der Waals surface area contributed by atoms with Gasteiger partial charge in [-0.2, -0.15) is 0 Å². The van der Waals surface area contributed by atoms with Crippen LogP contribution in [0.2, 0.25) is 0 Å². The van der Waals surface area contributed by atoms with Crippen molar-refractivity contribution in [3.63, 3.8) is 0 Å². The van der Waals surface area contributed by atoms with Crippen molar-refractivity contribution in [2.75, 3.05) is 0 Å². The molecule has 0 nitrogen and oxygen atoms in total. The van der Waals surface area contributed by atoms with Crippen molar-refractivity contribution in [1.82, 2.24) is 0 Å². The zero-order chi connectivity index (χ0) is 16.4. The number of hydrogen-bond acceptors (Lipinski definition) is 0. The van der Waals surface area contributed by atoms with Crippen LogP contribution in [0.5, 0.6) is 0 Å². The normalized spacial score (nSPS) is 21.5. The molecule has 0 aliphatic heterocycles. The first-order chi connectivity index (χ1) is 10.6. The molecule has 1 aliphatic rings. The number of hydrogen-bond donors (Lipinski definition) is 0. The molecular weight excluding hydrogens is 264 g/mol. The van der Waals surface area contributed by atoms with Crippen LogP contribution in [0.4, 0.5) is 0 Å². The molecule has 0 heteroatoms. The van der Waals surface area contributed by atoms with E-state index < -0.39 is 0 Å². The predicted molar refractivity (Wildman–Crippen MR) is 101 cm³/mol. The summed E-state index contributed by atoms with van der Waals surface area (Å²) in [4.78, 5) is 0. The Kier molecular flexibility index (Phi) is 10.2. The summed E-state index contributed by atoms with van der Waals surface area (Å²) >= 11 is 0. The van der Waals surface area contributed by atoms with Gasteiger partial charge in [-0.25, -0.2) is 0 Å². The topological polar surface area (TPSA) is 0 Å². The molecule has 0 heterocycles. The summed E-state index contributed by atoms with van der Waals surface area (Å²) in [6, 6.07) is 0. The van der Waals surface area contributed by atoms with Crippen LogP contribution in [0.25, 0.3) is 0 Å². The molecule has 3 atom stereocenters. The first-order valence-electron chi connectivity index (χ1n) is 10.2. The van der Waals surface area contributed by atoms with Crippen molar-refractivity contribution in [2.45, 2.75) is 98.8 Å². The van der Waals surface area contributed by atoms with E-state index in [0.717, 1.165) is 29.6 Å². The van der Waals surface area contributed by atoms with Gasteiger partial charge < -0.3 is 0 Å². The van der Waals surface area contributed by atoms with Gasteiger partial charge in [-0.05, 0) is 61.7 Å². The van der Waals surface area contributed by atoms with Crippen molar-refractivity contribution in [1.29, 1.82) is 0 Å². The number of rotatable bonds is 11. The highest BCUT2D eigenvalue weighted by atomic mass is 14.3. The predicted octanol–water partition coefficient (Wildman–Crippen LogP) is 7.64. The first kappa shape index (κ1) is 19.8. The van der Waals surface area contributed by atoms with E-state index in [2.05, 4.69) is 46.8 Å². The van der Waals surface area contributed by atoms with Crippen LogP contribution >= 0.6 is 0 Å². The van der Waals surface area contributed by atoms with E-state index in [-0.39, 0.29) is 0 Å². The summed E-state index contributed by atoms with van der Waals surface area (Å²) in [5.74, 6) is 4.69. The van der Waals surface area contributed by atoms with Gasteiger partial charge in [0, 0.05) is 0 Å². The van der Waals surface area contributed by atoms with Gasteiger partial charge in [0.05, 0.1) is 0 Å². The summed E-state index contributed by atoms with van der Waals surface area (Å²) in [5.41, 5.74) is 0. The van der Waals surface area contributed by atoms with Gasteiger partial charge in [-0.15, -0.1) is 0 Å². The van der Waals surface area contributed by atoms with Gasteiger partial charge in [0.1, 0.15) is 0 Å². The fourth-order valence-corrected chi connectivity index (χ4v) is 4.45. The minimum Gasteiger partial charge on any atom is -0.0885 e. The third-order valence-electron chi connectivity index (χ3n) is 5.89. The molecule has 1 aliphatic carbocycles. The van der Waals surface area contributed by atoms with Crippen LogP contribution < -0.4 is 0 Å². The molecule has 22 heavy (non-hydrogen) atoms. The van der Waals surface area contributed by atoms with E-state index in [9.17, 15) is 0 Å². The van der Waals surface area contributed by atoms with E-state index in [4.69, 9.17) is 0 Å². The second kappa shape index (κ2) is 11.3. The smallest absolute Gasteiger partial charge is 0.0320 e. The molecule has 3 unspecified atom stereocenters. The highest BCUT2D eigenvalue weighted by Gasteiger charge is 2.26. The molecule has 0 saturated carbocycles. The second-order valence-electron chi connectivity index (χ2n) is 8.33. The summed E-state index contributed by atoms with van der Waals surface area (Å²) in [6.45, 7) is 12.1. The van der Waals surface area contributed by atoms with Crippen LogP contribution in [-0.4, -0.2) is 0 Å². The standard InChI is InChI=1S/C22H42/c1-6-11-21(12-7-2)22(16-15-18(3)4)17-19(5)20-13-9-8-10-14-20/h8-9,18-22H,6-7,10-17H2,1-5H3. The molecular formula is C22H42. The SMILES string of the molecule is CCCC(CCC)C(CCC(C)C)CC(C)C1CC=CCC1. The molecule has 0 spiro atoms. The van der Waals surface area contributed by atoms with Crippen molar-refractivity contribution in [2.24, 2.45) is 29.6 Å². The van der Waals surface area contributed by atoms with E-state index in [1.165, 1.54) is 64.2 Å². The molecule has 0 radical (unpaired) electrons. The molecule has 0 aromatic rings. The Morgan fingerprint density at radius 2 is 1.55 bits per heavy atom. The molecule has 130 valence electrons. The Morgan fingerprint density at radius 1 is 0.864 bits per heavy atom. The maximum atomic E-state index is 2.54. The lowest BCUT2D eigenvalue weighted by Gasteiger charge is -2.33. The zero-order valence-corrected chi connectivity index (χ0v) is 16.1. The third kappa shape index (κ3) is 7.34. The van der Waals surface area contributed by atoms with Gasteiger partial charge in [0.15, 0.2) is 0 Å². The lowest BCUT2D eigenvalue weighted by atomic mass is 9.72. The minimum absolute atomic E-state index is 0.860. The van der Waals surface area contributed by atoms with Crippen LogP contribution in [0, 0.1) is 29.6 Å². The zero-order valence-electron chi connectivity index (χ0n) is 16.1. The second-order valence-corrected chi connectivity index (χ2v) is 8.33. The lowest BCUT2D eigenvalue weighted by molar-refractivity contribution is 0.185. The highest BCUT2D eigenvalue weighted by Crippen LogP contribution is 2.37. The van der Waals surface area contributed by atoms with E-state index >= 15 is 0 Å². The quantitative estimate of drug-likeness (QED) is 0.344. The van der Waals surface area contributed by atoms with Crippen molar-refractivity contribution in [3.05, 3.63) is 12.2 Å². The van der Waals surface area contributed by atoms with E-state index in [1.54, 1.807) is 0 Å². The molecule has 0 saturated heterocycles. The third-order valence-corrected chi connectivity index (χ3v) is 5.89. The van der Waals surface area contributed by atoms with E-state index in [1.807, 2.05) is 0 Å². The Balaban J connectivity index is 2.63. The lowest BCUT2D eigenvalue weighted by Crippen LogP contribution is -2.22.